The lowest BCUT2D eigenvalue weighted by Gasteiger charge is -2.07. The summed E-state index contributed by atoms with van der Waals surface area (Å²) in [5, 5.41) is 0. The van der Waals surface area contributed by atoms with Crippen molar-refractivity contribution in [1.82, 2.24) is 0 Å². The molecule has 0 aliphatic heterocycles. The van der Waals surface area contributed by atoms with Crippen molar-refractivity contribution in [3.05, 3.63) is 41.5 Å². The molecule has 0 saturated heterocycles. The first-order chi connectivity index (χ1) is 6.70. The summed E-state index contributed by atoms with van der Waals surface area (Å²) in [7, 11) is 0. The fourth-order valence-electron chi connectivity index (χ4n) is 1.53. The molecule has 74 valence electrons. The van der Waals surface area contributed by atoms with Gasteiger partial charge < -0.3 is 0 Å². The molecule has 0 bridgehead atoms. The number of carbonyl (C=O) groups is 1. The molecule has 1 aromatic rings. The smallest absolute Gasteiger partial charge is 0.162 e. The highest BCUT2D eigenvalue weighted by Crippen LogP contribution is 2.20. The van der Waals surface area contributed by atoms with Crippen molar-refractivity contribution in [3.8, 4) is 0 Å². The van der Waals surface area contributed by atoms with E-state index < -0.39 is 0 Å². The average molecular weight is 188 g/mol. The Morgan fingerprint density at radius 1 is 1.36 bits per heavy atom. The Balaban J connectivity index is 3.15. The zero-order valence-corrected chi connectivity index (χ0v) is 9.00. The normalized spacial score (nSPS) is 11.5. The van der Waals surface area contributed by atoms with Gasteiger partial charge in [-0.15, -0.1) is 0 Å². The van der Waals surface area contributed by atoms with E-state index in [-0.39, 0.29) is 5.78 Å². The SMILES string of the molecule is C/C=C(/C(=O)CC)c1ccccc1C. The molecular weight excluding hydrogens is 172 g/mol. The number of Topliss-reactive ketones (excluding diaryl/α,β-unsaturated/α-hetero) is 1. The number of benzene rings is 1. The molecular formula is C13H16O. The topological polar surface area (TPSA) is 17.1 Å². The molecule has 1 rings (SSSR count). The second kappa shape index (κ2) is 4.75. The van der Waals surface area contributed by atoms with E-state index in [0.717, 1.165) is 16.7 Å². The zero-order valence-electron chi connectivity index (χ0n) is 9.00. The monoisotopic (exact) mass is 188 g/mol. The lowest BCUT2D eigenvalue weighted by atomic mass is 9.96. The largest absolute Gasteiger partial charge is 0.294 e. The number of aryl methyl sites for hydroxylation is 1. The third-order valence-corrected chi connectivity index (χ3v) is 2.35. The number of ketones is 1. The van der Waals surface area contributed by atoms with Crippen molar-refractivity contribution in [2.24, 2.45) is 0 Å². The number of allylic oxidation sites excluding steroid dienone is 2. The van der Waals surface area contributed by atoms with Gasteiger partial charge in [0.25, 0.3) is 0 Å². The molecule has 0 N–H and O–H groups in total. The minimum Gasteiger partial charge on any atom is -0.294 e. The van der Waals surface area contributed by atoms with Crippen LogP contribution in [0.25, 0.3) is 5.57 Å². The number of hydrogen-bond acceptors (Lipinski definition) is 1. The van der Waals surface area contributed by atoms with E-state index in [1.54, 1.807) is 0 Å². The fraction of sp³-hybridized carbons (Fsp3) is 0.308. The van der Waals surface area contributed by atoms with Crippen LogP contribution in [-0.4, -0.2) is 5.78 Å². The van der Waals surface area contributed by atoms with Gasteiger partial charge in [-0.1, -0.05) is 37.3 Å². The van der Waals surface area contributed by atoms with E-state index in [1.807, 2.05) is 51.1 Å². The van der Waals surface area contributed by atoms with Crippen LogP contribution in [0.15, 0.2) is 30.3 Å². The Morgan fingerprint density at radius 2 is 2.00 bits per heavy atom. The Labute approximate surface area is 85.5 Å². The van der Waals surface area contributed by atoms with Gasteiger partial charge in [0.05, 0.1) is 0 Å². The zero-order chi connectivity index (χ0) is 10.6. The van der Waals surface area contributed by atoms with Crippen molar-refractivity contribution in [1.29, 1.82) is 0 Å². The quantitative estimate of drug-likeness (QED) is 0.664. The molecule has 14 heavy (non-hydrogen) atoms. The van der Waals surface area contributed by atoms with E-state index in [0.29, 0.717) is 6.42 Å². The summed E-state index contributed by atoms with van der Waals surface area (Å²) >= 11 is 0. The first-order valence-corrected chi connectivity index (χ1v) is 4.96. The number of hydrogen-bond donors (Lipinski definition) is 0. The van der Waals surface area contributed by atoms with E-state index in [9.17, 15) is 4.79 Å². The van der Waals surface area contributed by atoms with Crippen molar-refractivity contribution in [2.75, 3.05) is 0 Å². The molecule has 1 aromatic carbocycles. The van der Waals surface area contributed by atoms with Crippen LogP contribution < -0.4 is 0 Å². The van der Waals surface area contributed by atoms with Gasteiger partial charge in [-0.05, 0) is 25.0 Å². The minimum absolute atomic E-state index is 0.210. The lowest BCUT2D eigenvalue weighted by Crippen LogP contribution is -2.01. The molecule has 0 radical (unpaired) electrons. The van der Waals surface area contributed by atoms with Crippen LogP contribution in [0.3, 0.4) is 0 Å². The Bertz CT molecular complexity index is 361. The van der Waals surface area contributed by atoms with Crippen LogP contribution in [0, 0.1) is 6.92 Å². The maximum absolute atomic E-state index is 11.6. The van der Waals surface area contributed by atoms with E-state index in [1.165, 1.54) is 0 Å². The van der Waals surface area contributed by atoms with Crippen LogP contribution in [0.4, 0.5) is 0 Å². The van der Waals surface area contributed by atoms with E-state index in [2.05, 4.69) is 0 Å². The molecule has 1 nitrogen and oxygen atoms in total. The molecule has 0 amide bonds. The summed E-state index contributed by atoms with van der Waals surface area (Å²) in [6.07, 6.45) is 2.46. The highest BCUT2D eigenvalue weighted by atomic mass is 16.1. The predicted molar refractivity (Wildman–Crippen MR) is 60.1 cm³/mol. The van der Waals surface area contributed by atoms with Crippen molar-refractivity contribution in [2.45, 2.75) is 27.2 Å². The van der Waals surface area contributed by atoms with Crippen LogP contribution in [0.5, 0.6) is 0 Å². The second-order valence-electron chi connectivity index (χ2n) is 3.29. The molecule has 0 atom stereocenters. The Kier molecular flexibility index (Phi) is 3.63. The van der Waals surface area contributed by atoms with Crippen LogP contribution in [-0.2, 0) is 4.79 Å². The van der Waals surface area contributed by atoms with Gasteiger partial charge in [-0.2, -0.15) is 0 Å². The Morgan fingerprint density at radius 3 is 2.50 bits per heavy atom. The highest BCUT2D eigenvalue weighted by Gasteiger charge is 2.09. The fourth-order valence-corrected chi connectivity index (χ4v) is 1.53. The van der Waals surface area contributed by atoms with Gasteiger partial charge in [0.2, 0.25) is 0 Å². The second-order valence-corrected chi connectivity index (χ2v) is 3.29. The van der Waals surface area contributed by atoms with Crippen LogP contribution >= 0.6 is 0 Å². The lowest BCUT2D eigenvalue weighted by molar-refractivity contribution is -0.113. The molecule has 0 aliphatic rings. The number of rotatable bonds is 3. The summed E-state index contributed by atoms with van der Waals surface area (Å²) in [6.45, 7) is 5.83. The van der Waals surface area contributed by atoms with Gasteiger partial charge in [0.15, 0.2) is 5.78 Å². The maximum Gasteiger partial charge on any atom is 0.162 e. The summed E-state index contributed by atoms with van der Waals surface area (Å²) in [4.78, 5) is 11.6. The summed E-state index contributed by atoms with van der Waals surface area (Å²) in [5.41, 5.74) is 3.05. The van der Waals surface area contributed by atoms with Gasteiger partial charge >= 0.3 is 0 Å². The summed E-state index contributed by atoms with van der Waals surface area (Å²) in [5.74, 6) is 0.210. The van der Waals surface area contributed by atoms with Gasteiger partial charge in [-0.3, -0.25) is 4.79 Å². The summed E-state index contributed by atoms with van der Waals surface area (Å²) < 4.78 is 0. The molecule has 0 aromatic heterocycles. The van der Waals surface area contributed by atoms with Crippen molar-refractivity contribution in [3.63, 3.8) is 0 Å². The van der Waals surface area contributed by atoms with Crippen LogP contribution in [0.1, 0.15) is 31.4 Å². The molecule has 1 heteroatoms. The van der Waals surface area contributed by atoms with Crippen molar-refractivity contribution >= 4 is 11.4 Å². The molecule has 0 unspecified atom stereocenters. The molecule has 0 heterocycles. The maximum atomic E-state index is 11.6. The third-order valence-electron chi connectivity index (χ3n) is 2.35. The molecule has 0 aliphatic carbocycles. The first kappa shape index (κ1) is 10.7. The van der Waals surface area contributed by atoms with E-state index >= 15 is 0 Å². The average Bonchev–Trinajstić information content (AvgIpc) is 2.21. The predicted octanol–water partition coefficient (Wildman–Crippen LogP) is 3.38. The highest BCUT2D eigenvalue weighted by molar-refractivity contribution is 6.20. The third kappa shape index (κ3) is 2.11. The van der Waals surface area contributed by atoms with Crippen LogP contribution in [0.2, 0.25) is 0 Å². The standard InChI is InChI=1S/C13H16O/c1-4-11(13(14)5-2)12-9-7-6-8-10(12)3/h4,6-9H,5H2,1-3H3/b11-4+. The van der Waals surface area contributed by atoms with Gasteiger partial charge in [0, 0.05) is 12.0 Å². The van der Waals surface area contributed by atoms with Crippen molar-refractivity contribution < 1.29 is 4.79 Å². The molecule has 0 saturated carbocycles. The van der Waals surface area contributed by atoms with Gasteiger partial charge in [0.1, 0.15) is 0 Å². The number of carbonyl (C=O) groups excluding carboxylic acids is 1. The summed E-state index contributed by atoms with van der Waals surface area (Å²) in [6, 6.07) is 7.98. The van der Waals surface area contributed by atoms with E-state index in [4.69, 9.17) is 0 Å². The Hall–Kier alpha value is -1.37. The molecule has 0 spiro atoms. The minimum atomic E-state index is 0.210. The first-order valence-electron chi connectivity index (χ1n) is 4.96. The molecule has 0 fully saturated rings. The van der Waals surface area contributed by atoms with Gasteiger partial charge in [-0.25, -0.2) is 0 Å².